The average molecular weight is 365 g/mol. The van der Waals surface area contributed by atoms with Gasteiger partial charge in [0.1, 0.15) is 5.69 Å². The monoisotopic (exact) mass is 365 g/mol. The number of aromatic carboxylic acids is 1. The Labute approximate surface area is 155 Å². The molecule has 3 rings (SSSR count). The zero-order valence-corrected chi connectivity index (χ0v) is 14.7. The Hall–Kier alpha value is -3.68. The number of aryl methyl sites for hydroxylation is 2. The van der Waals surface area contributed by atoms with Gasteiger partial charge in [-0.1, -0.05) is 18.2 Å². The summed E-state index contributed by atoms with van der Waals surface area (Å²) in [7, 11) is 0. The van der Waals surface area contributed by atoms with Crippen molar-refractivity contribution in [1.29, 1.82) is 0 Å². The number of para-hydroxylation sites is 1. The van der Waals surface area contributed by atoms with Crippen LogP contribution in [0.25, 0.3) is 11.3 Å². The van der Waals surface area contributed by atoms with Gasteiger partial charge in [0.15, 0.2) is 0 Å². The Kier molecular flexibility index (Phi) is 5.16. The Bertz CT molecular complexity index is 982. The highest BCUT2D eigenvalue weighted by Crippen LogP contribution is 2.25. The number of carboxylic acids is 1. The van der Waals surface area contributed by atoms with Crippen LogP contribution in [0.15, 0.2) is 48.8 Å². The number of aromatic nitrogens is 3. The standard InChI is InChI=1S/C19H19N5O3/c1-12-10-21-19(22-14-5-3-2-4-6-14)23-17(12)13-9-15(18(26)27)24(11-13)8-7-16(20)25/h2-6,9-11H,7-8H2,1H3,(H2,20,25)(H,26,27)(H,21,22,23). The molecule has 2 heterocycles. The second-order valence-corrected chi connectivity index (χ2v) is 6.05. The number of anilines is 2. The van der Waals surface area contributed by atoms with Gasteiger partial charge in [0.25, 0.3) is 0 Å². The minimum Gasteiger partial charge on any atom is -0.477 e. The molecule has 0 atom stereocenters. The summed E-state index contributed by atoms with van der Waals surface area (Å²) in [6.07, 6.45) is 3.39. The predicted octanol–water partition coefficient (Wildman–Crippen LogP) is 2.57. The van der Waals surface area contributed by atoms with Crippen LogP contribution < -0.4 is 11.1 Å². The van der Waals surface area contributed by atoms with Gasteiger partial charge in [0.05, 0.1) is 5.69 Å². The van der Waals surface area contributed by atoms with Gasteiger partial charge in [-0.05, 0) is 30.7 Å². The maximum absolute atomic E-state index is 11.5. The number of rotatable bonds is 7. The fourth-order valence-corrected chi connectivity index (χ4v) is 2.68. The maximum Gasteiger partial charge on any atom is 0.352 e. The van der Waals surface area contributed by atoms with Crippen LogP contribution in [0.2, 0.25) is 0 Å². The summed E-state index contributed by atoms with van der Waals surface area (Å²) in [6.45, 7) is 2.04. The zero-order valence-electron chi connectivity index (χ0n) is 14.7. The molecule has 138 valence electrons. The topological polar surface area (TPSA) is 123 Å². The third-order valence-electron chi connectivity index (χ3n) is 3.99. The van der Waals surface area contributed by atoms with E-state index < -0.39 is 11.9 Å². The lowest BCUT2D eigenvalue weighted by molar-refractivity contribution is -0.118. The lowest BCUT2D eigenvalue weighted by Gasteiger charge is -2.08. The minimum absolute atomic E-state index is 0.0535. The zero-order chi connectivity index (χ0) is 19.4. The second kappa shape index (κ2) is 7.69. The van der Waals surface area contributed by atoms with Crippen molar-refractivity contribution >= 4 is 23.5 Å². The van der Waals surface area contributed by atoms with E-state index in [1.54, 1.807) is 12.4 Å². The van der Waals surface area contributed by atoms with Crippen LogP contribution in [0.3, 0.4) is 0 Å². The van der Waals surface area contributed by atoms with E-state index in [1.165, 1.54) is 10.6 Å². The molecule has 1 amide bonds. The molecule has 0 radical (unpaired) electrons. The molecule has 0 aliphatic heterocycles. The third kappa shape index (κ3) is 4.30. The molecule has 0 fully saturated rings. The van der Waals surface area contributed by atoms with Crippen LogP contribution in [0, 0.1) is 6.92 Å². The molecule has 8 nitrogen and oxygen atoms in total. The van der Waals surface area contributed by atoms with E-state index in [4.69, 9.17) is 5.73 Å². The van der Waals surface area contributed by atoms with Crippen molar-refractivity contribution in [3.8, 4) is 11.3 Å². The molecule has 0 unspecified atom stereocenters. The van der Waals surface area contributed by atoms with Crippen molar-refractivity contribution in [1.82, 2.24) is 14.5 Å². The molecule has 0 spiro atoms. The summed E-state index contributed by atoms with van der Waals surface area (Å²) in [5.41, 5.74) is 8.14. The average Bonchev–Trinajstić information content (AvgIpc) is 3.07. The lowest BCUT2D eigenvalue weighted by Crippen LogP contribution is -2.15. The van der Waals surface area contributed by atoms with Crippen LogP contribution in [0.4, 0.5) is 11.6 Å². The molecule has 4 N–H and O–H groups in total. The summed E-state index contributed by atoms with van der Waals surface area (Å²) in [4.78, 5) is 31.4. The van der Waals surface area contributed by atoms with Gasteiger partial charge < -0.3 is 20.7 Å². The van der Waals surface area contributed by atoms with E-state index in [9.17, 15) is 14.7 Å². The first-order valence-electron chi connectivity index (χ1n) is 8.32. The number of hydrogen-bond acceptors (Lipinski definition) is 5. The Morgan fingerprint density at radius 2 is 2.00 bits per heavy atom. The molecule has 0 saturated heterocycles. The summed E-state index contributed by atoms with van der Waals surface area (Å²) in [5, 5.41) is 12.5. The number of nitrogens with zero attached hydrogens (tertiary/aromatic N) is 3. The molecule has 0 bridgehead atoms. The van der Waals surface area contributed by atoms with Crippen LogP contribution in [0.5, 0.6) is 0 Å². The smallest absolute Gasteiger partial charge is 0.352 e. The van der Waals surface area contributed by atoms with Crippen molar-refractivity contribution in [2.45, 2.75) is 19.9 Å². The van der Waals surface area contributed by atoms with Gasteiger partial charge in [-0.15, -0.1) is 0 Å². The number of benzene rings is 1. The fraction of sp³-hybridized carbons (Fsp3) is 0.158. The van der Waals surface area contributed by atoms with Crippen molar-refractivity contribution < 1.29 is 14.7 Å². The van der Waals surface area contributed by atoms with Gasteiger partial charge in [-0.2, -0.15) is 0 Å². The minimum atomic E-state index is -1.08. The largest absolute Gasteiger partial charge is 0.477 e. The number of carbonyl (C=O) groups excluding carboxylic acids is 1. The van der Waals surface area contributed by atoms with Crippen molar-refractivity contribution in [3.63, 3.8) is 0 Å². The summed E-state index contributed by atoms with van der Waals surface area (Å²) in [5.74, 6) is -1.17. The first-order chi connectivity index (χ1) is 12.9. The number of carbonyl (C=O) groups is 2. The van der Waals surface area contributed by atoms with E-state index in [-0.39, 0.29) is 18.7 Å². The van der Waals surface area contributed by atoms with Crippen molar-refractivity contribution in [2.24, 2.45) is 5.73 Å². The molecule has 0 saturated carbocycles. The molecule has 27 heavy (non-hydrogen) atoms. The highest BCUT2D eigenvalue weighted by Gasteiger charge is 2.16. The van der Waals surface area contributed by atoms with Gasteiger partial charge in [0.2, 0.25) is 11.9 Å². The number of nitrogens with one attached hydrogen (secondary N) is 1. The summed E-state index contributed by atoms with van der Waals surface area (Å²) < 4.78 is 1.49. The number of nitrogens with two attached hydrogens (primary N) is 1. The maximum atomic E-state index is 11.5. The molecule has 0 aliphatic rings. The number of primary amides is 1. The summed E-state index contributed by atoms with van der Waals surface area (Å²) >= 11 is 0. The van der Waals surface area contributed by atoms with Crippen LogP contribution in [-0.2, 0) is 11.3 Å². The van der Waals surface area contributed by atoms with Gasteiger partial charge in [-0.3, -0.25) is 4.79 Å². The molecule has 0 aliphatic carbocycles. The van der Waals surface area contributed by atoms with Gasteiger partial charge in [0, 0.05) is 36.6 Å². The lowest BCUT2D eigenvalue weighted by atomic mass is 10.1. The van der Waals surface area contributed by atoms with Crippen molar-refractivity contribution in [3.05, 3.63) is 60.0 Å². The van der Waals surface area contributed by atoms with Crippen LogP contribution >= 0.6 is 0 Å². The van der Waals surface area contributed by atoms with Gasteiger partial charge >= 0.3 is 5.97 Å². The van der Waals surface area contributed by atoms with E-state index in [2.05, 4.69) is 15.3 Å². The quantitative estimate of drug-likeness (QED) is 0.591. The normalized spacial score (nSPS) is 10.6. The number of hydrogen-bond donors (Lipinski definition) is 3. The van der Waals surface area contributed by atoms with E-state index in [1.807, 2.05) is 37.3 Å². The highest BCUT2D eigenvalue weighted by atomic mass is 16.4. The summed E-state index contributed by atoms with van der Waals surface area (Å²) in [6, 6.07) is 11.0. The van der Waals surface area contributed by atoms with Gasteiger partial charge in [-0.25, -0.2) is 14.8 Å². The molecule has 1 aromatic carbocycles. The Balaban J connectivity index is 1.95. The molecule has 2 aromatic heterocycles. The van der Waals surface area contributed by atoms with E-state index >= 15 is 0 Å². The fourth-order valence-electron chi connectivity index (χ4n) is 2.68. The number of amides is 1. The first-order valence-corrected chi connectivity index (χ1v) is 8.32. The highest BCUT2D eigenvalue weighted by molar-refractivity contribution is 5.88. The molecular weight excluding hydrogens is 346 g/mol. The Morgan fingerprint density at radius 1 is 1.26 bits per heavy atom. The molecular formula is C19H19N5O3. The number of carboxylic acid groups (broad SMARTS) is 1. The third-order valence-corrected chi connectivity index (χ3v) is 3.99. The van der Waals surface area contributed by atoms with E-state index in [0.29, 0.717) is 17.2 Å². The SMILES string of the molecule is Cc1cnc(Nc2ccccc2)nc1-c1cc(C(=O)O)n(CCC(N)=O)c1. The van der Waals surface area contributed by atoms with Crippen molar-refractivity contribution in [2.75, 3.05) is 5.32 Å². The van der Waals surface area contributed by atoms with E-state index in [0.717, 1.165) is 11.3 Å². The van der Waals surface area contributed by atoms with Crippen LogP contribution in [-0.4, -0.2) is 31.5 Å². The molecule has 8 heteroatoms. The molecule has 3 aromatic rings. The van der Waals surface area contributed by atoms with Crippen LogP contribution in [0.1, 0.15) is 22.5 Å². The second-order valence-electron chi connectivity index (χ2n) is 6.05. The predicted molar refractivity (Wildman–Crippen MR) is 101 cm³/mol. The first kappa shape index (κ1) is 18.1. The Morgan fingerprint density at radius 3 is 2.67 bits per heavy atom.